The topological polar surface area (TPSA) is 34.5 Å². The number of aromatic nitrogens is 1. The molecule has 2 aliphatic rings. The van der Waals surface area contributed by atoms with Crippen LogP contribution in [0.3, 0.4) is 0 Å². The van der Waals surface area contributed by atoms with Crippen molar-refractivity contribution >= 4 is 16.9 Å². The molecule has 0 amide bonds. The highest BCUT2D eigenvalue weighted by Crippen LogP contribution is 2.36. The van der Waals surface area contributed by atoms with E-state index in [-0.39, 0.29) is 5.97 Å². The fraction of sp³-hybridized carbons (Fsp3) is 0.526. The Morgan fingerprint density at radius 1 is 1.39 bits per heavy atom. The molecular weight excluding hydrogens is 288 g/mol. The van der Waals surface area contributed by atoms with Crippen molar-refractivity contribution < 1.29 is 9.53 Å². The summed E-state index contributed by atoms with van der Waals surface area (Å²) in [6.07, 6.45) is 3.71. The Labute approximate surface area is 137 Å². The van der Waals surface area contributed by atoms with E-state index in [2.05, 4.69) is 34.6 Å². The highest BCUT2D eigenvalue weighted by atomic mass is 16.5. The molecule has 2 aromatic rings. The molecule has 1 saturated heterocycles. The molecule has 0 bridgehead atoms. The average molecular weight is 312 g/mol. The molecule has 0 N–H and O–H groups in total. The molecule has 122 valence electrons. The molecule has 3 heterocycles. The highest BCUT2D eigenvalue weighted by molar-refractivity contribution is 5.88. The van der Waals surface area contributed by atoms with Crippen LogP contribution < -0.4 is 0 Å². The van der Waals surface area contributed by atoms with Crippen LogP contribution in [0.25, 0.3) is 10.9 Å². The number of hydrogen-bond donors (Lipinski definition) is 0. The Balaban J connectivity index is 1.83. The lowest BCUT2D eigenvalue weighted by Crippen LogP contribution is -2.36. The molecule has 0 saturated carbocycles. The summed E-state index contributed by atoms with van der Waals surface area (Å²) in [4.78, 5) is 14.7. The number of carbonyl (C=O) groups excluding carboxylic acids is 1. The van der Waals surface area contributed by atoms with Gasteiger partial charge in [0.25, 0.3) is 0 Å². The SMILES string of the molecule is CCOC(=O)Cn1c2c(c3cc(C)ccc31)CC1CCCN1C2. The van der Waals surface area contributed by atoms with Crippen LogP contribution in [-0.2, 0) is 29.0 Å². The molecule has 0 spiro atoms. The number of hydrogen-bond acceptors (Lipinski definition) is 3. The van der Waals surface area contributed by atoms with Crippen molar-refractivity contribution in [1.29, 1.82) is 0 Å². The summed E-state index contributed by atoms with van der Waals surface area (Å²) in [6.45, 7) is 6.91. The van der Waals surface area contributed by atoms with Gasteiger partial charge >= 0.3 is 5.97 Å². The van der Waals surface area contributed by atoms with Crippen LogP contribution in [0.5, 0.6) is 0 Å². The monoisotopic (exact) mass is 312 g/mol. The number of ether oxygens (including phenoxy) is 1. The molecule has 1 aromatic heterocycles. The van der Waals surface area contributed by atoms with Gasteiger partial charge in [-0.15, -0.1) is 0 Å². The molecule has 1 aromatic carbocycles. The maximum Gasteiger partial charge on any atom is 0.325 e. The normalized spacial score (nSPS) is 20.5. The molecule has 2 aliphatic heterocycles. The Morgan fingerprint density at radius 3 is 3.09 bits per heavy atom. The average Bonchev–Trinajstić information content (AvgIpc) is 3.09. The number of fused-ring (bicyclic) bond motifs is 4. The number of carbonyl (C=O) groups is 1. The summed E-state index contributed by atoms with van der Waals surface area (Å²) in [5.41, 5.74) is 5.23. The van der Waals surface area contributed by atoms with Crippen LogP contribution in [0, 0.1) is 6.92 Å². The van der Waals surface area contributed by atoms with E-state index in [0.717, 1.165) is 13.0 Å². The lowest BCUT2D eigenvalue weighted by molar-refractivity contribution is -0.143. The molecule has 23 heavy (non-hydrogen) atoms. The van der Waals surface area contributed by atoms with Gasteiger partial charge in [-0.25, -0.2) is 0 Å². The second kappa shape index (κ2) is 5.68. The lowest BCUT2D eigenvalue weighted by atomic mass is 9.96. The molecule has 4 heteroatoms. The zero-order valence-electron chi connectivity index (χ0n) is 14.0. The van der Waals surface area contributed by atoms with Gasteiger partial charge in [0.15, 0.2) is 0 Å². The van der Waals surface area contributed by atoms with Gasteiger partial charge in [-0.1, -0.05) is 11.6 Å². The van der Waals surface area contributed by atoms with Gasteiger partial charge in [0.2, 0.25) is 0 Å². The number of aryl methyl sites for hydroxylation is 1. The van der Waals surface area contributed by atoms with E-state index in [9.17, 15) is 4.79 Å². The van der Waals surface area contributed by atoms with Crippen molar-refractivity contribution in [2.75, 3.05) is 13.2 Å². The highest BCUT2D eigenvalue weighted by Gasteiger charge is 2.33. The molecular formula is C19H24N2O2. The molecule has 1 fully saturated rings. The van der Waals surface area contributed by atoms with E-state index < -0.39 is 0 Å². The molecule has 4 nitrogen and oxygen atoms in total. The number of esters is 1. The fourth-order valence-corrected chi connectivity index (χ4v) is 4.28. The quantitative estimate of drug-likeness (QED) is 0.817. The van der Waals surface area contributed by atoms with E-state index in [1.807, 2.05) is 6.92 Å². The van der Waals surface area contributed by atoms with Crippen molar-refractivity contribution in [3.05, 3.63) is 35.0 Å². The zero-order chi connectivity index (χ0) is 16.0. The third-order valence-electron chi connectivity index (χ3n) is 5.33. The Morgan fingerprint density at radius 2 is 2.26 bits per heavy atom. The van der Waals surface area contributed by atoms with Crippen LogP contribution >= 0.6 is 0 Å². The molecule has 4 rings (SSSR count). The third-order valence-corrected chi connectivity index (χ3v) is 5.33. The summed E-state index contributed by atoms with van der Waals surface area (Å²) >= 11 is 0. The zero-order valence-corrected chi connectivity index (χ0v) is 14.0. The van der Waals surface area contributed by atoms with Gasteiger partial charge in [-0.2, -0.15) is 0 Å². The predicted molar refractivity (Wildman–Crippen MR) is 90.4 cm³/mol. The Kier molecular flexibility index (Phi) is 3.64. The molecule has 0 radical (unpaired) electrons. The third kappa shape index (κ3) is 2.45. The van der Waals surface area contributed by atoms with Crippen molar-refractivity contribution in [2.24, 2.45) is 0 Å². The maximum atomic E-state index is 12.1. The van der Waals surface area contributed by atoms with Gasteiger partial charge in [0.1, 0.15) is 6.54 Å². The van der Waals surface area contributed by atoms with Gasteiger partial charge < -0.3 is 9.30 Å². The summed E-state index contributed by atoms with van der Waals surface area (Å²) in [7, 11) is 0. The Hall–Kier alpha value is -1.81. The van der Waals surface area contributed by atoms with Crippen LogP contribution in [0.15, 0.2) is 18.2 Å². The number of benzene rings is 1. The lowest BCUT2D eigenvalue weighted by Gasteiger charge is -2.30. The van der Waals surface area contributed by atoms with E-state index in [0.29, 0.717) is 19.2 Å². The standard InChI is InChI=1S/C19H24N2O2/c1-3-23-19(22)12-21-17-7-6-13(2)9-15(17)16-10-14-5-4-8-20(14)11-18(16)21/h6-7,9,14H,3-5,8,10-12H2,1-2H3. The predicted octanol–water partition coefficient (Wildman–Crippen LogP) is 3.03. The van der Waals surface area contributed by atoms with Crippen molar-refractivity contribution in [1.82, 2.24) is 9.47 Å². The Bertz CT molecular complexity index is 762. The smallest absolute Gasteiger partial charge is 0.325 e. The van der Waals surface area contributed by atoms with E-state index >= 15 is 0 Å². The first-order valence-electron chi connectivity index (χ1n) is 8.67. The second-order valence-electron chi connectivity index (χ2n) is 6.81. The van der Waals surface area contributed by atoms with Crippen LogP contribution in [0.4, 0.5) is 0 Å². The first-order chi connectivity index (χ1) is 11.2. The largest absolute Gasteiger partial charge is 0.465 e. The summed E-state index contributed by atoms with van der Waals surface area (Å²) in [5.74, 6) is -0.142. The molecule has 1 atom stereocenters. The summed E-state index contributed by atoms with van der Waals surface area (Å²) in [5, 5.41) is 1.33. The minimum Gasteiger partial charge on any atom is -0.465 e. The van der Waals surface area contributed by atoms with Gasteiger partial charge in [-0.3, -0.25) is 9.69 Å². The van der Waals surface area contributed by atoms with Crippen molar-refractivity contribution in [2.45, 2.75) is 52.2 Å². The van der Waals surface area contributed by atoms with Crippen LogP contribution in [0.1, 0.15) is 36.6 Å². The first-order valence-corrected chi connectivity index (χ1v) is 8.67. The minimum absolute atomic E-state index is 0.142. The van der Waals surface area contributed by atoms with Gasteiger partial charge in [0.05, 0.1) is 6.61 Å². The van der Waals surface area contributed by atoms with Crippen LogP contribution in [-0.4, -0.2) is 34.6 Å². The summed E-state index contributed by atoms with van der Waals surface area (Å²) in [6, 6.07) is 7.26. The number of rotatable bonds is 3. The van der Waals surface area contributed by atoms with E-state index in [1.165, 1.54) is 47.1 Å². The minimum atomic E-state index is -0.142. The van der Waals surface area contributed by atoms with Crippen molar-refractivity contribution in [3.63, 3.8) is 0 Å². The second-order valence-corrected chi connectivity index (χ2v) is 6.81. The first kappa shape index (κ1) is 14.8. The fourth-order valence-electron chi connectivity index (χ4n) is 4.28. The van der Waals surface area contributed by atoms with Crippen LogP contribution in [0.2, 0.25) is 0 Å². The van der Waals surface area contributed by atoms with Gasteiger partial charge in [-0.05, 0) is 57.4 Å². The number of nitrogens with zero attached hydrogens (tertiary/aromatic N) is 2. The maximum absolute atomic E-state index is 12.1. The molecule has 1 unspecified atom stereocenters. The van der Waals surface area contributed by atoms with E-state index in [1.54, 1.807) is 0 Å². The molecule has 0 aliphatic carbocycles. The van der Waals surface area contributed by atoms with E-state index in [4.69, 9.17) is 4.74 Å². The van der Waals surface area contributed by atoms with Gasteiger partial charge in [0, 0.05) is 29.2 Å². The van der Waals surface area contributed by atoms with Crippen molar-refractivity contribution in [3.8, 4) is 0 Å². The summed E-state index contributed by atoms with van der Waals surface area (Å²) < 4.78 is 7.38.